The molecule has 0 aliphatic heterocycles. The highest BCUT2D eigenvalue weighted by Crippen LogP contribution is 2.24. The maximum Gasteiger partial charge on any atom is 0.338 e. The van der Waals surface area contributed by atoms with Crippen LogP contribution in [0, 0.1) is 6.92 Å². The fourth-order valence-electron chi connectivity index (χ4n) is 2.11. The Morgan fingerprint density at radius 2 is 2.14 bits per heavy atom. The number of ether oxygens (including phenoxy) is 2. The van der Waals surface area contributed by atoms with Gasteiger partial charge in [-0.05, 0) is 19.1 Å². The molecule has 0 radical (unpaired) electrons. The second kappa shape index (κ2) is 6.21. The van der Waals surface area contributed by atoms with Crippen molar-refractivity contribution in [2.24, 2.45) is 0 Å². The molecule has 0 amide bonds. The van der Waals surface area contributed by atoms with Crippen molar-refractivity contribution in [1.29, 1.82) is 0 Å². The Hall–Kier alpha value is -2.63. The predicted octanol–water partition coefficient (Wildman–Crippen LogP) is 1.85. The van der Waals surface area contributed by atoms with Crippen LogP contribution in [-0.2, 0) is 11.3 Å². The molecule has 0 aliphatic rings. The van der Waals surface area contributed by atoms with E-state index in [2.05, 4.69) is 5.10 Å². The molecule has 1 aromatic carbocycles. The zero-order chi connectivity index (χ0) is 15.4. The number of aldehydes is 1. The molecule has 0 aliphatic carbocycles. The van der Waals surface area contributed by atoms with Crippen molar-refractivity contribution < 1.29 is 19.1 Å². The van der Waals surface area contributed by atoms with Crippen LogP contribution in [-0.4, -0.2) is 36.3 Å². The second-order valence-electron chi connectivity index (χ2n) is 4.46. The van der Waals surface area contributed by atoms with Crippen molar-refractivity contribution in [3.63, 3.8) is 0 Å². The van der Waals surface area contributed by atoms with Crippen molar-refractivity contribution in [1.82, 2.24) is 9.78 Å². The van der Waals surface area contributed by atoms with Crippen molar-refractivity contribution in [2.45, 2.75) is 13.5 Å². The molecule has 0 saturated heterocycles. The zero-order valence-corrected chi connectivity index (χ0v) is 12.1. The van der Waals surface area contributed by atoms with Gasteiger partial charge in [0.15, 0.2) is 6.29 Å². The minimum atomic E-state index is -0.441. The Labute approximate surface area is 122 Å². The number of carbonyl (C=O) groups is 2. The first kappa shape index (κ1) is 14.8. The normalized spacial score (nSPS) is 10.2. The number of esters is 1. The van der Waals surface area contributed by atoms with Crippen LogP contribution >= 0.6 is 0 Å². The minimum absolute atomic E-state index is 0.309. The van der Waals surface area contributed by atoms with E-state index in [1.165, 1.54) is 14.2 Å². The molecule has 6 heteroatoms. The molecule has 0 N–H and O–H groups in total. The fourth-order valence-corrected chi connectivity index (χ4v) is 2.11. The molecule has 0 bridgehead atoms. The number of nitrogens with zero attached hydrogens (tertiary/aromatic N) is 2. The van der Waals surface area contributed by atoms with Gasteiger partial charge in [-0.3, -0.25) is 9.48 Å². The van der Waals surface area contributed by atoms with Gasteiger partial charge >= 0.3 is 5.97 Å². The lowest BCUT2D eigenvalue weighted by Gasteiger charge is -2.12. The van der Waals surface area contributed by atoms with Crippen molar-refractivity contribution in [2.75, 3.05) is 14.2 Å². The first-order valence-corrected chi connectivity index (χ1v) is 6.34. The van der Waals surface area contributed by atoms with Crippen LogP contribution in [0.15, 0.2) is 24.4 Å². The van der Waals surface area contributed by atoms with Crippen LogP contribution in [0.5, 0.6) is 5.75 Å². The smallest absolute Gasteiger partial charge is 0.338 e. The van der Waals surface area contributed by atoms with Crippen LogP contribution in [0.4, 0.5) is 0 Å². The van der Waals surface area contributed by atoms with Crippen LogP contribution in [0.2, 0.25) is 0 Å². The van der Waals surface area contributed by atoms with Gasteiger partial charge in [-0.15, -0.1) is 0 Å². The molecule has 0 spiro atoms. The van der Waals surface area contributed by atoms with Gasteiger partial charge in [0.25, 0.3) is 0 Å². The molecule has 1 heterocycles. The molecular formula is C15H16N2O4. The zero-order valence-electron chi connectivity index (χ0n) is 12.1. The summed E-state index contributed by atoms with van der Waals surface area (Å²) in [5.74, 6) is 0.127. The molecule has 6 nitrogen and oxygen atoms in total. The summed E-state index contributed by atoms with van der Waals surface area (Å²) >= 11 is 0. The largest absolute Gasteiger partial charge is 0.496 e. The number of rotatable bonds is 5. The Kier molecular flexibility index (Phi) is 4.37. The maximum atomic E-state index is 11.9. The number of aryl methyl sites for hydroxylation is 1. The van der Waals surface area contributed by atoms with E-state index in [1.54, 1.807) is 36.0 Å². The summed E-state index contributed by atoms with van der Waals surface area (Å²) < 4.78 is 11.7. The maximum absolute atomic E-state index is 11.9. The van der Waals surface area contributed by atoms with Crippen molar-refractivity contribution in [3.05, 3.63) is 46.8 Å². The van der Waals surface area contributed by atoms with Crippen molar-refractivity contribution >= 4 is 12.3 Å². The van der Waals surface area contributed by atoms with E-state index in [0.29, 0.717) is 34.7 Å². The topological polar surface area (TPSA) is 70.4 Å². The summed E-state index contributed by atoms with van der Waals surface area (Å²) in [7, 11) is 2.86. The summed E-state index contributed by atoms with van der Waals surface area (Å²) in [5, 5.41) is 4.26. The average molecular weight is 288 g/mol. The van der Waals surface area contributed by atoms with Gasteiger partial charge in [0.05, 0.1) is 37.6 Å². The highest BCUT2D eigenvalue weighted by Gasteiger charge is 2.17. The highest BCUT2D eigenvalue weighted by atomic mass is 16.5. The number of hydrogen-bond acceptors (Lipinski definition) is 5. The van der Waals surface area contributed by atoms with Crippen LogP contribution in [0.1, 0.15) is 32.0 Å². The van der Waals surface area contributed by atoms with Gasteiger partial charge in [-0.25, -0.2) is 4.79 Å². The Morgan fingerprint density at radius 3 is 2.71 bits per heavy atom. The first-order chi connectivity index (χ1) is 10.1. The van der Waals surface area contributed by atoms with Gasteiger partial charge < -0.3 is 9.47 Å². The SMILES string of the molecule is COC(=O)c1cccc(OC)c1Cn1cc(C=O)c(C)n1. The summed E-state index contributed by atoms with van der Waals surface area (Å²) in [6.45, 7) is 2.06. The summed E-state index contributed by atoms with van der Waals surface area (Å²) in [6, 6.07) is 5.15. The molecule has 0 unspecified atom stereocenters. The monoisotopic (exact) mass is 288 g/mol. The molecule has 21 heavy (non-hydrogen) atoms. The number of methoxy groups -OCH3 is 2. The van der Waals surface area contributed by atoms with E-state index < -0.39 is 5.97 Å². The number of benzene rings is 1. The Morgan fingerprint density at radius 1 is 1.38 bits per heavy atom. The quantitative estimate of drug-likeness (QED) is 0.620. The standard InChI is InChI=1S/C15H16N2O4/c1-10-11(9-18)7-17(16-10)8-13-12(15(19)21-3)5-4-6-14(13)20-2/h4-7,9H,8H2,1-3H3. The molecule has 2 rings (SSSR count). The molecule has 0 fully saturated rings. The summed E-state index contributed by atoms with van der Waals surface area (Å²) in [4.78, 5) is 22.7. The van der Waals surface area contributed by atoms with E-state index in [4.69, 9.17) is 9.47 Å². The second-order valence-corrected chi connectivity index (χ2v) is 4.46. The molecule has 110 valence electrons. The van der Waals surface area contributed by atoms with E-state index in [9.17, 15) is 9.59 Å². The van der Waals surface area contributed by atoms with Crippen LogP contribution in [0.25, 0.3) is 0 Å². The van der Waals surface area contributed by atoms with Gasteiger partial charge in [0, 0.05) is 11.8 Å². The van der Waals surface area contributed by atoms with E-state index >= 15 is 0 Å². The number of carbonyl (C=O) groups excluding carboxylic acids is 2. The number of hydrogen-bond donors (Lipinski definition) is 0. The van der Waals surface area contributed by atoms with Crippen molar-refractivity contribution in [3.8, 4) is 5.75 Å². The Balaban J connectivity index is 2.45. The van der Waals surface area contributed by atoms with Gasteiger partial charge in [-0.2, -0.15) is 5.10 Å². The van der Waals surface area contributed by atoms with E-state index in [1.807, 2.05) is 0 Å². The highest BCUT2D eigenvalue weighted by molar-refractivity contribution is 5.91. The third-order valence-electron chi connectivity index (χ3n) is 3.19. The van der Waals surface area contributed by atoms with Crippen LogP contribution in [0.3, 0.4) is 0 Å². The van der Waals surface area contributed by atoms with Gasteiger partial charge in [-0.1, -0.05) is 6.07 Å². The molecule has 0 saturated carbocycles. The number of aromatic nitrogens is 2. The molecule has 2 aromatic rings. The van der Waals surface area contributed by atoms with E-state index in [0.717, 1.165) is 6.29 Å². The lowest BCUT2D eigenvalue weighted by molar-refractivity contribution is 0.0598. The predicted molar refractivity (Wildman–Crippen MR) is 75.8 cm³/mol. The average Bonchev–Trinajstić information content (AvgIpc) is 2.86. The first-order valence-electron chi connectivity index (χ1n) is 6.34. The lowest BCUT2D eigenvalue weighted by Crippen LogP contribution is -2.11. The molecule has 1 aromatic heterocycles. The summed E-state index contributed by atoms with van der Waals surface area (Å²) in [6.07, 6.45) is 2.39. The third-order valence-corrected chi connectivity index (χ3v) is 3.19. The van der Waals surface area contributed by atoms with Crippen LogP contribution < -0.4 is 4.74 Å². The molecular weight excluding hydrogens is 272 g/mol. The van der Waals surface area contributed by atoms with Gasteiger partial charge in [0.2, 0.25) is 0 Å². The third kappa shape index (κ3) is 2.94. The lowest BCUT2D eigenvalue weighted by atomic mass is 10.1. The van der Waals surface area contributed by atoms with E-state index in [-0.39, 0.29) is 0 Å². The minimum Gasteiger partial charge on any atom is -0.496 e. The summed E-state index contributed by atoms with van der Waals surface area (Å²) in [5.41, 5.74) is 2.23. The fraction of sp³-hybridized carbons (Fsp3) is 0.267. The Bertz CT molecular complexity index is 676. The molecule has 0 atom stereocenters. The van der Waals surface area contributed by atoms with Gasteiger partial charge in [0.1, 0.15) is 5.75 Å².